The average molecular weight is 213 g/mol. The molecule has 4 heteroatoms. The number of rotatable bonds is 4. The van der Waals surface area contributed by atoms with Gasteiger partial charge in [0.05, 0.1) is 12.7 Å². The molecule has 0 saturated carbocycles. The van der Waals surface area contributed by atoms with Gasteiger partial charge in [-0.1, -0.05) is 19.8 Å². The van der Waals surface area contributed by atoms with Gasteiger partial charge in [0.25, 0.3) is 0 Å². The minimum Gasteiger partial charge on any atom is -0.353 e. The molecule has 0 radical (unpaired) electrons. The van der Waals surface area contributed by atoms with Crippen molar-refractivity contribution in [3.8, 4) is 0 Å². The number of unbranched alkanes of at least 4 members (excludes halogenated alkanes) is 1. The Balaban J connectivity index is 1.54. The molecule has 0 aromatic heterocycles. The summed E-state index contributed by atoms with van der Waals surface area (Å²) < 4.78 is 16.6. The maximum atomic E-state index is 5.72. The molecule has 3 rings (SSSR count). The third kappa shape index (κ3) is 1.80. The molecule has 0 aliphatic carbocycles. The highest BCUT2D eigenvalue weighted by Gasteiger charge is 2.58. The molecule has 0 bridgehead atoms. The molecule has 15 heavy (non-hydrogen) atoms. The van der Waals surface area contributed by atoms with Gasteiger partial charge in [-0.2, -0.15) is 0 Å². The summed E-state index contributed by atoms with van der Waals surface area (Å²) in [4.78, 5) is 2.34. The lowest BCUT2D eigenvalue weighted by Crippen LogP contribution is -2.46. The van der Waals surface area contributed by atoms with E-state index in [-0.39, 0.29) is 12.5 Å². The monoisotopic (exact) mass is 213 g/mol. The van der Waals surface area contributed by atoms with Gasteiger partial charge in [-0.25, -0.2) is 4.90 Å². The summed E-state index contributed by atoms with van der Waals surface area (Å²) in [5.74, 6) is 0. The summed E-state index contributed by atoms with van der Waals surface area (Å²) >= 11 is 0. The Kier molecular flexibility index (Phi) is 2.47. The van der Waals surface area contributed by atoms with Gasteiger partial charge in [-0.05, 0) is 13.3 Å². The van der Waals surface area contributed by atoms with E-state index < -0.39 is 0 Å². The molecule has 3 saturated heterocycles. The summed E-state index contributed by atoms with van der Waals surface area (Å²) in [5.41, 5.74) is 0. The van der Waals surface area contributed by atoms with E-state index in [9.17, 15) is 0 Å². The lowest BCUT2D eigenvalue weighted by atomic mass is 10.1. The molecule has 4 nitrogen and oxygen atoms in total. The van der Waals surface area contributed by atoms with Gasteiger partial charge in [0.15, 0.2) is 12.5 Å². The van der Waals surface area contributed by atoms with E-state index in [0.29, 0.717) is 18.4 Å². The zero-order valence-electron chi connectivity index (χ0n) is 9.39. The highest BCUT2D eigenvalue weighted by Crippen LogP contribution is 2.42. The van der Waals surface area contributed by atoms with Gasteiger partial charge in [0.1, 0.15) is 6.23 Å². The Morgan fingerprint density at radius 1 is 1.27 bits per heavy atom. The van der Waals surface area contributed by atoms with Crippen LogP contribution in [0.5, 0.6) is 0 Å². The van der Waals surface area contributed by atoms with Crippen molar-refractivity contribution in [3.05, 3.63) is 0 Å². The third-order valence-corrected chi connectivity index (χ3v) is 3.43. The van der Waals surface area contributed by atoms with Gasteiger partial charge in [0.2, 0.25) is 0 Å². The first-order valence-corrected chi connectivity index (χ1v) is 6.01. The molecule has 0 spiro atoms. The van der Waals surface area contributed by atoms with Crippen molar-refractivity contribution in [3.63, 3.8) is 0 Å². The van der Waals surface area contributed by atoms with E-state index >= 15 is 0 Å². The molecule has 3 aliphatic rings. The molecule has 0 amide bonds. The van der Waals surface area contributed by atoms with Crippen LogP contribution in [0.15, 0.2) is 0 Å². The summed E-state index contributed by atoms with van der Waals surface area (Å²) in [5, 5.41) is 0. The van der Waals surface area contributed by atoms with Gasteiger partial charge < -0.3 is 14.2 Å². The fraction of sp³-hybridized carbons (Fsp3) is 1.00. The van der Waals surface area contributed by atoms with Gasteiger partial charge in [0, 0.05) is 6.04 Å². The van der Waals surface area contributed by atoms with Crippen molar-refractivity contribution in [1.29, 1.82) is 0 Å². The number of epoxide rings is 2. The third-order valence-electron chi connectivity index (χ3n) is 3.43. The fourth-order valence-corrected chi connectivity index (χ4v) is 2.40. The minimum atomic E-state index is 0.0252. The zero-order chi connectivity index (χ0) is 10.4. The maximum absolute atomic E-state index is 5.72. The van der Waals surface area contributed by atoms with E-state index in [1.54, 1.807) is 0 Å². The summed E-state index contributed by atoms with van der Waals surface area (Å²) in [6, 6.07) is 0.422. The van der Waals surface area contributed by atoms with E-state index in [0.717, 1.165) is 6.61 Å². The van der Waals surface area contributed by atoms with Crippen LogP contribution in [0.2, 0.25) is 0 Å². The molecule has 0 N–H and O–H groups in total. The first kappa shape index (κ1) is 10.0. The van der Waals surface area contributed by atoms with Gasteiger partial charge in [-0.15, -0.1) is 0 Å². The largest absolute Gasteiger partial charge is 0.353 e. The fourth-order valence-electron chi connectivity index (χ4n) is 2.40. The number of fused-ring (bicyclic) bond motifs is 1. The van der Waals surface area contributed by atoms with E-state index in [1.165, 1.54) is 19.3 Å². The number of morpholine rings is 1. The number of hydrogen-bond donors (Lipinski definition) is 0. The molecular formula is C11H19NO3. The SMILES string of the molecule is CCCCC1OC1N1C(C)CO[C@@H]2OC21. The number of hydrogen-bond acceptors (Lipinski definition) is 4. The van der Waals surface area contributed by atoms with Crippen LogP contribution >= 0.6 is 0 Å². The quantitative estimate of drug-likeness (QED) is 0.660. The van der Waals surface area contributed by atoms with Crippen LogP contribution in [0.1, 0.15) is 33.1 Å². The van der Waals surface area contributed by atoms with E-state index in [1.807, 2.05) is 0 Å². The Bertz CT molecular complexity index is 246. The average Bonchev–Trinajstić information content (AvgIpc) is 3.09. The van der Waals surface area contributed by atoms with Crippen molar-refractivity contribution in [2.45, 2.75) is 64.0 Å². The predicted octanol–water partition coefficient (Wildman–Crippen LogP) is 1.30. The Labute approximate surface area is 90.5 Å². The van der Waals surface area contributed by atoms with Crippen LogP contribution in [0.25, 0.3) is 0 Å². The summed E-state index contributed by atoms with van der Waals surface area (Å²) in [6.07, 6.45) is 4.62. The van der Waals surface area contributed by atoms with Crippen molar-refractivity contribution in [2.24, 2.45) is 0 Å². The summed E-state index contributed by atoms with van der Waals surface area (Å²) in [6.45, 7) is 5.16. The van der Waals surface area contributed by atoms with E-state index in [4.69, 9.17) is 14.2 Å². The van der Waals surface area contributed by atoms with Crippen molar-refractivity contribution >= 4 is 0 Å². The van der Waals surface area contributed by atoms with Crippen molar-refractivity contribution in [2.75, 3.05) is 6.61 Å². The van der Waals surface area contributed by atoms with Crippen LogP contribution < -0.4 is 0 Å². The van der Waals surface area contributed by atoms with Crippen LogP contribution in [0, 0.1) is 0 Å². The molecule has 0 aromatic rings. The molecule has 3 fully saturated rings. The molecule has 0 aromatic carbocycles. The Hall–Kier alpha value is -0.160. The van der Waals surface area contributed by atoms with E-state index in [2.05, 4.69) is 18.7 Å². The van der Waals surface area contributed by atoms with Gasteiger partial charge in [-0.3, -0.25) is 0 Å². The number of nitrogens with zero attached hydrogens (tertiary/aromatic N) is 1. The van der Waals surface area contributed by atoms with Crippen LogP contribution in [0.4, 0.5) is 0 Å². The highest BCUT2D eigenvalue weighted by atomic mass is 16.8. The van der Waals surface area contributed by atoms with Crippen LogP contribution in [-0.4, -0.2) is 42.4 Å². The topological polar surface area (TPSA) is 37.5 Å². The highest BCUT2D eigenvalue weighted by molar-refractivity contribution is 4.96. The van der Waals surface area contributed by atoms with Crippen LogP contribution in [0.3, 0.4) is 0 Å². The Morgan fingerprint density at radius 2 is 2.13 bits per heavy atom. The maximum Gasteiger partial charge on any atom is 0.199 e. The second-order valence-corrected chi connectivity index (χ2v) is 4.73. The van der Waals surface area contributed by atoms with Crippen molar-refractivity contribution < 1.29 is 14.2 Å². The first-order valence-electron chi connectivity index (χ1n) is 6.01. The van der Waals surface area contributed by atoms with Gasteiger partial charge >= 0.3 is 0 Å². The summed E-state index contributed by atoms with van der Waals surface area (Å²) in [7, 11) is 0. The predicted molar refractivity (Wildman–Crippen MR) is 54.1 cm³/mol. The molecule has 86 valence electrons. The lowest BCUT2D eigenvalue weighted by Gasteiger charge is -2.28. The Morgan fingerprint density at radius 3 is 2.93 bits per heavy atom. The molecule has 3 aliphatic heterocycles. The second kappa shape index (κ2) is 3.70. The lowest BCUT2D eigenvalue weighted by molar-refractivity contribution is -0.0273. The molecule has 3 heterocycles. The minimum absolute atomic E-state index is 0.0252. The normalized spacial score (nSPS) is 48.8. The van der Waals surface area contributed by atoms with Crippen molar-refractivity contribution in [1.82, 2.24) is 4.90 Å². The van der Waals surface area contributed by atoms with Crippen LogP contribution in [-0.2, 0) is 14.2 Å². The standard InChI is InChI=1S/C11H19NO3/c1-3-4-5-8-9(14-8)12-7(2)6-13-11-10(12)15-11/h7-11H,3-6H2,1-2H3/t7?,8?,9?,10?,11-/m1/s1. The second-order valence-electron chi connectivity index (χ2n) is 4.73. The molecular weight excluding hydrogens is 194 g/mol. The zero-order valence-corrected chi connectivity index (χ0v) is 9.39. The first-order chi connectivity index (χ1) is 7.31. The molecule has 4 unspecified atom stereocenters. The molecule has 5 atom stereocenters. The smallest absolute Gasteiger partial charge is 0.199 e. The number of ether oxygens (including phenoxy) is 3.